The number of carbonyl (C=O) groups excluding carboxylic acids is 1. The standard InChI is InChI=1S/C28H36N2O4/c1-5-15-29(16-6-2)19-23(31)20-30-18-22(24-9-7-8-10-25(24)30)11-13-26(32)21-12-14-27(33-3)28(17-21)34-4/h7-14,17-18,23,31H,5-6,15-16,19-20H2,1-4H3/b13-11+. The molecule has 2 aromatic carbocycles. The van der Waals surface area contributed by atoms with Gasteiger partial charge in [-0.1, -0.05) is 32.0 Å². The smallest absolute Gasteiger partial charge is 0.185 e. The average Bonchev–Trinajstić information content (AvgIpc) is 3.19. The van der Waals surface area contributed by atoms with Crippen molar-refractivity contribution in [2.75, 3.05) is 33.9 Å². The van der Waals surface area contributed by atoms with Crippen molar-refractivity contribution >= 4 is 22.8 Å². The molecule has 0 bridgehead atoms. The van der Waals surface area contributed by atoms with Gasteiger partial charge in [0.05, 0.1) is 20.3 Å². The van der Waals surface area contributed by atoms with Gasteiger partial charge < -0.3 is 24.0 Å². The Labute approximate surface area is 202 Å². The highest BCUT2D eigenvalue weighted by atomic mass is 16.5. The quantitative estimate of drug-likeness (QED) is 0.284. The number of aliphatic hydroxyl groups excluding tert-OH is 1. The van der Waals surface area contributed by atoms with Crippen LogP contribution in [0.3, 0.4) is 0 Å². The van der Waals surface area contributed by atoms with Gasteiger partial charge in [-0.05, 0) is 62.3 Å². The van der Waals surface area contributed by atoms with Crippen molar-refractivity contribution < 1.29 is 19.4 Å². The summed E-state index contributed by atoms with van der Waals surface area (Å²) in [5.41, 5.74) is 2.51. The molecule has 0 saturated carbocycles. The number of ketones is 1. The molecule has 0 amide bonds. The maximum absolute atomic E-state index is 12.8. The monoisotopic (exact) mass is 464 g/mol. The van der Waals surface area contributed by atoms with Gasteiger partial charge in [0.25, 0.3) is 0 Å². The van der Waals surface area contributed by atoms with Crippen LogP contribution in [0.2, 0.25) is 0 Å². The zero-order valence-corrected chi connectivity index (χ0v) is 20.7. The van der Waals surface area contributed by atoms with Crippen molar-refractivity contribution in [1.82, 2.24) is 9.47 Å². The minimum absolute atomic E-state index is 0.118. The molecule has 0 aliphatic carbocycles. The molecule has 0 aliphatic rings. The lowest BCUT2D eigenvalue weighted by Crippen LogP contribution is -2.35. The molecule has 34 heavy (non-hydrogen) atoms. The van der Waals surface area contributed by atoms with Gasteiger partial charge in [-0.2, -0.15) is 0 Å². The second-order valence-electron chi connectivity index (χ2n) is 8.48. The molecule has 6 nitrogen and oxygen atoms in total. The van der Waals surface area contributed by atoms with Crippen LogP contribution in [0.4, 0.5) is 0 Å². The van der Waals surface area contributed by atoms with Gasteiger partial charge in [-0.3, -0.25) is 4.79 Å². The molecule has 0 saturated heterocycles. The number of aliphatic hydroxyl groups is 1. The Morgan fingerprint density at radius 3 is 2.44 bits per heavy atom. The van der Waals surface area contributed by atoms with Crippen LogP contribution in [0.5, 0.6) is 11.5 Å². The van der Waals surface area contributed by atoms with E-state index in [2.05, 4.69) is 23.3 Å². The van der Waals surface area contributed by atoms with E-state index in [1.54, 1.807) is 38.5 Å². The van der Waals surface area contributed by atoms with E-state index < -0.39 is 6.10 Å². The molecule has 6 heteroatoms. The molecule has 0 aliphatic heterocycles. The van der Waals surface area contributed by atoms with E-state index in [-0.39, 0.29) is 5.78 Å². The first kappa shape index (κ1) is 25.5. The number of hydrogen-bond acceptors (Lipinski definition) is 5. The fourth-order valence-corrected chi connectivity index (χ4v) is 4.32. The summed E-state index contributed by atoms with van der Waals surface area (Å²) in [6.07, 6.45) is 7.10. The number of methoxy groups -OCH3 is 2. The summed E-state index contributed by atoms with van der Waals surface area (Å²) in [6, 6.07) is 13.2. The third-order valence-corrected chi connectivity index (χ3v) is 5.86. The van der Waals surface area contributed by atoms with Gasteiger partial charge in [0.1, 0.15) is 0 Å². The maximum Gasteiger partial charge on any atom is 0.185 e. The van der Waals surface area contributed by atoms with Gasteiger partial charge >= 0.3 is 0 Å². The van der Waals surface area contributed by atoms with Crippen LogP contribution in [0.15, 0.2) is 54.7 Å². The highest BCUT2D eigenvalue weighted by molar-refractivity contribution is 6.08. The predicted molar refractivity (Wildman–Crippen MR) is 138 cm³/mol. The molecule has 3 rings (SSSR count). The third-order valence-electron chi connectivity index (χ3n) is 5.86. The molecule has 1 heterocycles. The Morgan fingerprint density at radius 2 is 1.76 bits per heavy atom. The molecule has 3 aromatic rings. The molecule has 0 radical (unpaired) electrons. The normalized spacial score (nSPS) is 12.5. The van der Waals surface area contributed by atoms with E-state index in [0.29, 0.717) is 30.2 Å². The number of allylic oxidation sites excluding steroid dienone is 1. The fraction of sp³-hybridized carbons (Fsp3) is 0.393. The van der Waals surface area contributed by atoms with Crippen molar-refractivity contribution in [3.63, 3.8) is 0 Å². The van der Waals surface area contributed by atoms with Crippen LogP contribution in [0, 0.1) is 0 Å². The summed E-state index contributed by atoms with van der Waals surface area (Å²) in [6.45, 7) is 7.46. The van der Waals surface area contributed by atoms with Gasteiger partial charge in [0, 0.05) is 41.3 Å². The van der Waals surface area contributed by atoms with Crippen molar-refractivity contribution in [2.45, 2.75) is 39.3 Å². The van der Waals surface area contributed by atoms with Crippen LogP contribution in [-0.4, -0.2) is 60.3 Å². The molecule has 1 aromatic heterocycles. The van der Waals surface area contributed by atoms with Crippen LogP contribution in [0.25, 0.3) is 17.0 Å². The first-order chi connectivity index (χ1) is 16.5. The third kappa shape index (κ3) is 6.27. The van der Waals surface area contributed by atoms with Gasteiger partial charge in [-0.15, -0.1) is 0 Å². The Morgan fingerprint density at radius 1 is 1.06 bits per heavy atom. The summed E-state index contributed by atoms with van der Waals surface area (Å²) < 4.78 is 12.6. The maximum atomic E-state index is 12.8. The highest BCUT2D eigenvalue weighted by Crippen LogP contribution is 2.28. The van der Waals surface area contributed by atoms with E-state index >= 15 is 0 Å². The molecular formula is C28H36N2O4. The summed E-state index contributed by atoms with van der Waals surface area (Å²) in [4.78, 5) is 15.1. The average molecular weight is 465 g/mol. The number of rotatable bonds is 13. The lowest BCUT2D eigenvalue weighted by Gasteiger charge is -2.24. The van der Waals surface area contributed by atoms with E-state index in [4.69, 9.17) is 9.47 Å². The topological polar surface area (TPSA) is 63.9 Å². The number of hydrogen-bond donors (Lipinski definition) is 1. The zero-order chi connectivity index (χ0) is 24.5. The summed E-state index contributed by atoms with van der Waals surface area (Å²) in [5.74, 6) is 0.987. The number of carbonyl (C=O) groups is 1. The van der Waals surface area contributed by atoms with Crippen molar-refractivity contribution in [3.8, 4) is 11.5 Å². The summed E-state index contributed by atoms with van der Waals surface area (Å²) in [7, 11) is 3.12. The van der Waals surface area contributed by atoms with Crippen molar-refractivity contribution in [2.24, 2.45) is 0 Å². The predicted octanol–water partition coefficient (Wildman–Crippen LogP) is 5.04. The Bertz CT molecular complexity index is 1110. The van der Waals surface area contributed by atoms with Gasteiger partial charge in [-0.25, -0.2) is 0 Å². The number of fused-ring (bicyclic) bond motifs is 1. The minimum atomic E-state index is -0.473. The fourth-order valence-electron chi connectivity index (χ4n) is 4.32. The molecular weight excluding hydrogens is 428 g/mol. The van der Waals surface area contributed by atoms with Crippen molar-refractivity contribution in [3.05, 3.63) is 65.9 Å². The number of ether oxygens (including phenoxy) is 2. The second-order valence-corrected chi connectivity index (χ2v) is 8.48. The van der Waals surface area contributed by atoms with Crippen LogP contribution < -0.4 is 9.47 Å². The first-order valence-corrected chi connectivity index (χ1v) is 11.9. The minimum Gasteiger partial charge on any atom is -0.493 e. The second kappa shape index (κ2) is 12.4. The Balaban J connectivity index is 1.80. The SMILES string of the molecule is CCCN(CCC)CC(O)Cn1cc(/C=C/C(=O)c2ccc(OC)c(OC)c2)c2ccccc21. The Kier molecular flexibility index (Phi) is 9.31. The number of nitrogens with zero attached hydrogens (tertiary/aromatic N) is 2. The number of aromatic nitrogens is 1. The highest BCUT2D eigenvalue weighted by Gasteiger charge is 2.14. The lowest BCUT2D eigenvalue weighted by atomic mass is 10.1. The van der Waals surface area contributed by atoms with Crippen LogP contribution >= 0.6 is 0 Å². The first-order valence-electron chi connectivity index (χ1n) is 11.9. The number of para-hydroxylation sites is 1. The van der Waals surface area contributed by atoms with E-state index in [9.17, 15) is 9.90 Å². The lowest BCUT2D eigenvalue weighted by molar-refractivity contribution is 0.0988. The molecule has 0 spiro atoms. The molecule has 1 N–H and O–H groups in total. The molecule has 1 unspecified atom stereocenters. The van der Waals surface area contributed by atoms with E-state index in [1.165, 1.54) is 0 Å². The van der Waals surface area contributed by atoms with E-state index in [0.717, 1.165) is 42.4 Å². The van der Waals surface area contributed by atoms with E-state index in [1.807, 2.05) is 36.5 Å². The van der Waals surface area contributed by atoms with Crippen LogP contribution in [0.1, 0.15) is 42.6 Å². The zero-order valence-electron chi connectivity index (χ0n) is 20.7. The van der Waals surface area contributed by atoms with Crippen molar-refractivity contribution in [1.29, 1.82) is 0 Å². The summed E-state index contributed by atoms with van der Waals surface area (Å²) in [5, 5.41) is 11.8. The van der Waals surface area contributed by atoms with Gasteiger partial charge in [0.15, 0.2) is 17.3 Å². The Hall–Kier alpha value is -3.09. The molecule has 182 valence electrons. The summed E-state index contributed by atoms with van der Waals surface area (Å²) >= 11 is 0. The molecule has 0 fully saturated rings. The number of benzene rings is 2. The van der Waals surface area contributed by atoms with Gasteiger partial charge in [0.2, 0.25) is 0 Å². The van der Waals surface area contributed by atoms with Crippen LogP contribution in [-0.2, 0) is 6.54 Å². The largest absolute Gasteiger partial charge is 0.493 e. The molecule has 1 atom stereocenters.